The monoisotopic (exact) mass is 644 g/mol. The van der Waals surface area contributed by atoms with Crippen molar-refractivity contribution in [2.75, 3.05) is 0 Å². The van der Waals surface area contributed by atoms with E-state index in [0.29, 0.717) is 36.5 Å². The van der Waals surface area contributed by atoms with Gasteiger partial charge in [-0.25, -0.2) is 0 Å². The Morgan fingerprint density at radius 2 is 0.833 bits per heavy atom. The van der Waals surface area contributed by atoms with Crippen LogP contribution in [-0.2, 0) is 4.57 Å². The summed E-state index contributed by atoms with van der Waals surface area (Å²) in [6.07, 6.45) is 0. The van der Waals surface area contributed by atoms with Crippen LogP contribution < -0.4 is 5.30 Å². The average Bonchev–Trinajstić information content (AvgIpc) is 3.01. The number of hydrogen-bond acceptors (Lipinski definition) is 1. The first-order valence-corrected chi connectivity index (χ1v) is 16.8. The summed E-state index contributed by atoms with van der Waals surface area (Å²) in [5.74, 6) is 0. The molecule has 0 spiro atoms. The minimum atomic E-state index is -3.73. The standard InChI is InChI=1S/C36H25Cl4OP/c37-29-17-9-18-30(38)33(29)35(25-12-3-1-4-13-25)42(41,28-22-21-24-11-7-8-16-27(24)23-28)36(26-14-5-2-6-15-26)34-31(39)19-10-20-32(34)40/h1-23,35-36H. The Kier molecular flexibility index (Phi) is 8.51. The van der Waals surface area contributed by atoms with Gasteiger partial charge in [0.05, 0.1) is 11.3 Å². The van der Waals surface area contributed by atoms with Crippen LogP contribution in [0.2, 0.25) is 20.1 Å². The third kappa shape index (κ3) is 5.30. The highest BCUT2D eigenvalue weighted by molar-refractivity contribution is 7.72. The molecule has 0 aliphatic carbocycles. The van der Waals surface area contributed by atoms with Gasteiger partial charge in [0.1, 0.15) is 7.14 Å². The topological polar surface area (TPSA) is 17.1 Å². The maximum Gasteiger partial charge on any atom is 0.138 e. The number of hydrogen-bond donors (Lipinski definition) is 0. The van der Waals surface area contributed by atoms with Crippen LogP contribution in [0.1, 0.15) is 33.6 Å². The second-order valence-corrected chi connectivity index (χ2v) is 14.7. The van der Waals surface area contributed by atoms with Crippen molar-refractivity contribution in [3.05, 3.63) is 182 Å². The third-order valence-corrected chi connectivity index (χ3v) is 12.7. The van der Waals surface area contributed by atoms with E-state index in [4.69, 9.17) is 46.4 Å². The van der Waals surface area contributed by atoms with Gasteiger partial charge in [-0.15, -0.1) is 0 Å². The molecule has 0 amide bonds. The highest BCUT2D eigenvalue weighted by Crippen LogP contribution is 2.73. The molecular weight excluding hydrogens is 621 g/mol. The van der Waals surface area contributed by atoms with Gasteiger partial charge < -0.3 is 4.57 Å². The lowest BCUT2D eigenvalue weighted by atomic mass is 10.0. The highest BCUT2D eigenvalue weighted by atomic mass is 35.5. The maximum absolute atomic E-state index is 16.8. The van der Waals surface area contributed by atoms with Crippen molar-refractivity contribution in [3.8, 4) is 0 Å². The molecule has 6 heteroatoms. The normalized spacial score (nSPS) is 14.3. The summed E-state index contributed by atoms with van der Waals surface area (Å²) < 4.78 is 16.8. The van der Waals surface area contributed by atoms with Crippen molar-refractivity contribution in [2.24, 2.45) is 0 Å². The van der Waals surface area contributed by atoms with Crippen LogP contribution in [0.4, 0.5) is 0 Å². The summed E-state index contributed by atoms with van der Waals surface area (Å²) in [4.78, 5) is 0. The maximum atomic E-state index is 16.8. The molecule has 0 fully saturated rings. The van der Waals surface area contributed by atoms with E-state index in [9.17, 15) is 0 Å². The van der Waals surface area contributed by atoms with E-state index in [1.807, 2.05) is 103 Å². The number of halogens is 4. The van der Waals surface area contributed by atoms with Gasteiger partial charge in [-0.2, -0.15) is 0 Å². The summed E-state index contributed by atoms with van der Waals surface area (Å²) in [7, 11) is -3.73. The van der Waals surface area contributed by atoms with Gasteiger partial charge in [-0.05, 0) is 52.2 Å². The van der Waals surface area contributed by atoms with Crippen LogP contribution in [0.15, 0.2) is 140 Å². The average molecular weight is 646 g/mol. The van der Waals surface area contributed by atoms with Gasteiger partial charge in [-0.3, -0.25) is 0 Å². The van der Waals surface area contributed by atoms with E-state index in [1.165, 1.54) is 0 Å². The summed E-state index contributed by atoms with van der Waals surface area (Å²) in [6, 6.07) is 44.4. The zero-order valence-electron chi connectivity index (χ0n) is 22.3. The summed E-state index contributed by atoms with van der Waals surface area (Å²) in [6.45, 7) is 0. The Labute approximate surface area is 266 Å². The summed E-state index contributed by atoms with van der Waals surface area (Å²) in [5, 5.41) is 4.46. The van der Waals surface area contributed by atoms with Gasteiger partial charge >= 0.3 is 0 Å². The van der Waals surface area contributed by atoms with Crippen molar-refractivity contribution in [1.82, 2.24) is 0 Å². The first kappa shape index (κ1) is 29.1. The molecule has 42 heavy (non-hydrogen) atoms. The van der Waals surface area contributed by atoms with Crippen molar-refractivity contribution >= 4 is 69.6 Å². The Bertz CT molecular complexity index is 1790. The Morgan fingerprint density at radius 3 is 1.29 bits per heavy atom. The van der Waals surface area contributed by atoms with Crippen molar-refractivity contribution < 1.29 is 4.57 Å². The second-order valence-electron chi connectivity index (χ2n) is 10.1. The Balaban J connectivity index is 1.80. The lowest BCUT2D eigenvalue weighted by Crippen LogP contribution is -2.21. The molecule has 2 atom stereocenters. The van der Waals surface area contributed by atoms with Crippen molar-refractivity contribution in [1.29, 1.82) is 0 Å². The summed E-state index contributed by atoms with van der Waals surface area (Å²) >= 11 is 27.9. The lowest BCUT2D eigenvalue weighted by Gasteiger charge is -2.37. The van der Waals surface area contributed by atoms with Gasteiger partial charge in [-0.1, -0.05) is 156 Å². The van der Waals surface area contributed by atoms with Gasteiger partial charge in [0, 0.05) is 36.5 Å². The van der Waals surface area contributed by atoms with Crippen LogP contribution in [0.25, 0.3) is 10.8 Å². The smallest absolute Gasteiger partial charge is 0.138 e. The fourth-order valence-corrected chi connectivity index (χ4v) is 11.4. The number of fused-ring (bicyclic) bond motifs is 1. The van der Waals surface area contributed by atoms with Crippen LogP contribution in [0, 0.1) is 0 Å². The molecule has 6 rings (SSSR count). The first-order valence-electron chi connectivity index (χ1n) is 13.5. The van der Waals surface area contributed by atoms with Crippen molar-refractivity contribution in [3.63, 3.8) is 0 Å². The molecular formula is C36H25Cl4OP. The fourth-order valence-electron chi connectivity index (χ4n) is 5.82. The zero-order valence-corrected chi connectivity index (χ0v) is 26.2. The SMILES string of the molecule is O=P(c1ccc2ccccc2c1)(C(c1ccccc1)c1c(Cl)cccc1Cl)C(c1ccccc1)c1c(Cl)cccc1Cl. The van der Waals surface area contributed by atoms with E-state index in [2.05, 4.69) is 0 Å². The minimum Gasteiger partial charge on any atom is -0.317 e. The molecule has 0 aliphatic rings. The quantitative estimate of drug-likeness (QED) is 0.158. The molecule has 0 aromatic heterocycles. The molecule has 0 N–H and O–H groups in total. The number of rotatable bonds is 7. The molecule has 0 heterocycles. The Morgan fingerprint density at radius 1 is 0.429 bits per heavy atom. The zero-order chi connectivity index (χ0) is 29.3. The summed E-state index contributed by atoms with van der Waals surface area (Å²) in [5.41, 5.74) is 1.42. The van der Waals surface area contributed by atoms with E-state index < -0.39 is 18.5 Å². The van der Waals surface area contributed by atoms with Crippen LogP contribution in [0.3, 0.4) is 0 Å². The lowest BCUT2D eigenvalue weighted by molar-refractivity contribution is 0.571. The number of benzene rings is 6. The minimum absolute atomic E-state index is 0.439. The molecule has 0 aliphatic heterocycles. The van der Waals surface area contributed by atoms with Gasteiger partial charge in [0.15, 0.2) is 0 Å². The van der Waals surface area contributed by atoms with Crippen LogP contribution in [-0.4, -0.2) is 0 Å². The van der Waals surface area contributed by atoms with E-state index in [1.54, 1.807) is 36.4 Å². The Hall–Kier alpha value is -3.03. The second kappa shape index (κ2) is 12.3. The third-order valence-electron chi connectivity index (χ3n) is 7.68. The predicted octanol–water partition coefficient (Wildman–Crippen LogP) is 12.0. The molecule has 2 unspecified atom stereocenters. The predicted molar refractivity (Wildman–Crippen MR) is 181 cm³/mol. The van der Waals surface area contributed by atoms with E-state index in [0.717, 1.165) is 21.9 Å². The van der Waals surface area contributed by atoms with E-state index in [-0.39, 0.29) is 0 Å². The molecule has 6 aromatic rings. The van der Waals surface area contributed by atoms with Crippen LogP contribution >= 0.6 is 53.5 Å². The molecule has 6 aromatic carbocycles. The fraction of sp³-hybridized carbons (Fsp3) is 0.0556. The van der Waals surface area contributed by atoms with Gasteiger partial charge in [0.2, 0.25) is 0 Å². The molecule has 208 valence electrons. The van der Waals surface area contributed by atoms with Gasteiger partial charge in [0.25, 0.3) is 0 Å². The van der Waals surface area contributed by atoms with Crippen LogP contribution in [0.5, 0.6) is 0 Å². The molecule has 0 radical (unpaired) electrons. The van der Waals surface area contributed by atoms with Crippen molar-refractivity contribution in [2.45, 2.75) is 11.3 Å². The molecule has 0 saturated carbocycles. The largest absolute Gasteiger partial charge is 0.317 e. The first-order chi connectivity index (χ1) is 20.4. The molecule has 1 nitrogen and oxygen atoms in total. The van der Waals surface area contributed by atoms with E-state index >= 15 is 4.57 Å². The molecule has 0 saturated heterocycles. The highest BCUT2D eigenvalue weighted by Gasteiger charge is 2.48. The molecule has 0 bridgehead atoms.